The van der Waals surface area contributed by atoms with Gasteiger partial charge in [0, 0.05) is 23.7 Å². The molecule has 0 fully saturated rings. The minimum absolute atomic E-state index is 0.107. The van der Waals surface area contributed by atoms with Crippen molar-refractivity contribution in [1.82, 2.24) is 3.97 Å². The van der Waals surface area contributed by atoms with E-state index in [1.54, 1.807) is 12.1 Å². The highest BCUT2D eigenvalue weighted by atomic mass is 32.2. The maximum Gasteiger partial charge on any atom is 0.270 e. The maximum absolute atomic E-state index is 14.9. The van der Waals surface area contributed by atoms with Crippen LogP contribution in [-0.4, -0.2) is 17.1 Å². The van der Waals surface area contributed by atoms with Gasteiger partial charge in [-0.25, -0.2) is 21.2 Å². The molecular weight excluding hydrogens is 472 g/mol. The Hall–Kier alpha value is -3.84. The number of hydrogen-bond acceptors (Lipinski definition) is 4. The van der Waals surface area contributed by atoms with Crippen molar-refractivity contribution >= 4 is 20.9 Å². The molecule has 3 aromatic rings. The first-order chi connectivity index (χ1) is 16.0. The van der Waals surface area contributed by atoms with Crippen LogP contribution in [0, 0.1) is 17.1 Å². The lowest BCUT2D eigenvalue weighted by Gasteiger charge is -2.30. The molecule has 174 valence electrons. The zero-order valence-corrected chi connectivity index (χ0v) is 18.4. The summed E-state index contributed by atoms with van der Waals surface area (Å²) in [6.07, 6.45) is 1.43. The fourth-order valence-corrected chi connectivity index (χ4v) is 5.28. The summed E-state index contributed by atoms with van der Waals surface area (Å²) in [7, 11) is -4.33. The molecule has 1 atom stereocenters. The summed E-state index contributed by atoms with van der Waals surface area (Å²) in [4.78, 5) is 0. The van der Waals surface area contributed by atoms with E-state index in [0.717, 1.165) is 16.1 Å². The predicted octanol–water partition coefficient (Wildman–Crippen LogP) is 6.34. The second-order valence-corrected chi connectivity index (χ2v) is 10.0. The van der Waals surface area contributed by atoms with Crippen molar-refractivity contribution in [3.05, 3.63) is 95.8 Å². The highest BCUT2D eigenvalue weighted by Crippen LogP contribution is 2.39. The van der Waals surface area contributed by atoms with Crippen molar-refractivity contribution in [3.63, 3.8) is 0 Å². The van der Waals surface area contributed by atoms with Gasteiger partial charge in [0.25, 0.3) is 16.1 Å². The molecule has 0 saturated carbocycles. The second kappa shape index (κ2) is 8.50. The van der Waals surface area contributed by atoms with Gasteiger partial charge in [0.1, 0.15) is 34.0 Å². The van der Waals surface area contributed by atoms with E-state index in [4.69, 9.17) is 10.00 Å². The van der Waals surface area contributed by atoms with Gasteiger partial charge in [0.2, 0.25) is 0 Å². The van der Waals surface area contributed by atoms with Crippen LogP contribution in [-0.2, 0) is 10.0 Å². The molecule has 0 N–H and O–H groups in total. The van der Waals surface area contributed by atoms with Gasteiger partial charge in [0.15, 0.2) is 0 Å². The van der Waals surface area contributed by atoms with Gasteiger partial charge in [-0.3, -0.25) is 0 Å². The summed E-state index contributed by atoms with van der Waals surface area (Å²) in [5.74, 6) is -1.21. The molecule has 5 nitrogen and oxygen atoms in total. The van der Waals surface area contributed by atoms with Gasteiger partial charge in [0.05, 0.1) is 11.1 Å². The Bertz CT molecular complexity index is 1540. The Balaban J connectivity index is 1.67. The Morgan fingerprint density at radius 2 is 1.85 bits per heavy atom. The molecule has 0 radical (unpaired) electrons. The van der Waals surface area contributed by atoms with Crippen molar-refractivity contribution in [2.24, 2.45) is 0 Å². The molecule has 4 rings (SSSR count). The van der Waals surface area contributed by atoms with Crippen molar-refractivity contribution in [1.29, 1.82) is 5.26 Å². The first-order valence-corrected chi connectivity index (χ1v) is 11.3. The van der Waals surface area contributed by atoms with E-state index < -0.39 is 32.5 Å². The van der Waals surface area contributed by atoms with Crippen LogP contribution in [0.15, 0.2) is 84.4 Å². The number of halogens is 4. The summed E-state index contributed by atoms with van der Waals surface area (Å²) in [6, 6.07) is 11.4. The van der Waals surface area contributed by atoms with E-state index in [1.807, 2.05) is 0 Å². The lowest BCUT2D eigenvalue weighted by molar-refractivity contribution is 0.421. The molecule has 0 amide bonds. The van der Waals surface area contributed by atoms with E-state index in [2.05, 4.69) is 0 Å². The highest BCUT2D eigenvalue weighted by Gasteiger charge is 2.46. The topological polar surface area (TPSA) is 72.1 Å². The first-order valence-electron chi connectivity index (χ1n) is 9.89. The van der Waals surface area contributed by atoms with Gasteiger partial charge < -0.3 is 4.74 Å². The predicted molar refractivity (Wildman–Crippen MR) is 118 cm³/mol. The first kappa shape index (κ1) is 23.3. The number of ether oxygens (including phenoxy) is 1. The van der Waals surface area contributed by atoms with E-state index in [1.165, 1.54) is 49.5 Å². The van der Waals surface area contributed by atoms with Crippen LogP contribution in [0.2, 0.25) is 0 Å². The summed E-state index contributed by atoms with van der Waals surface area (Å²) < 4.78 is 84.8. The molecule has 0 bridgehead atoms. The van der Waals surface area contributed by atoms with Crippen molar-refractivity contribution in [2.75, 3.05) is 0 Å². The molecule has 0 spiro atoms. The smallest absolute Gasteiger partial charge is 0.270 e. The number of hydrogen-bond donors (Lipinski definition) is 0. The fraction of sp³-hybridized carbons (Fsp3) is 0.125. The summed E-state index contributed by atoms with van der Waals surface area (Å²) in [5, 5.41) is 9.42. The fourth-order valence-electron chi connectivity index (χ4n) is 3.60. The zero-order valence-electron chi connectivity index (χ0n) is 17.6. The van der Waals surface area contributed by atoms with Crippen LogP contribution >= 0.6 is 0 Å². The summed E-state index contributed by atoms with van der Waals surface area (Å²) in [5.41, 5.74) is -0.0408. The highest BCUT2D eigenvalue weighted by molar-refractivity contribution is 7.91. The third-order valence-electron chi connectivity index (χ3n) is 5.55. The third-order valence-corrected chi connectivity index (χ3v) is 7.89. The average molecular weight is 488 g/mol. The van der Waals surface area contributed by atoms with Crippen LogP contribution in [0.1, 0.15) is 18.9 Å². The third kappa shape index (κ3) is 3.99. The molecule has 1 unspecified atom stereocenters. The van der Waals surface area contributed by atoms with Crippen molar-refractivity contribution < 1.29 is 30.7 Å². The van der Waals surface area contributed by atoms with Gasteiger partial charge in [-0.15, -0.1) is 0 Å². The monoisotopic (exact) mass is 488 g/mol. The number of benzene rings is 2. The van der Waals surface area contributed by atoms with E-state index in [-0.39, 0.29) is 28.8 Å². The minimum atomic E-state index is -4.33. The van der Waals surface area contributed by atoms with Crippen LogP contribution in [0.25, 0.3) is 10.9 Å². The van der Waals surface area contributed by atoms with Crippen LogP contribution < -0.4 is 4.74 Å². The molecule has 1 aliphatic rings. The number of nitrogens with zero attached hydrogens (tertiary/aromatic N) is 2. The van der Waals surface area contributed by atoms with Gasteiger partial charge in [-0.2, -0.15) is 14.0 Å². The summed E-state index contributed by atoms with van der Waals surface area (Å²) >= 11 is 0. The average Bonchev–Trinajstić information content (AvgIpc) is 3.21. The Labute approximate surface area is 192 Å². The second-order valence-electron chi connectivity index (χ2n) is 7.76. The quantitative estimate of drug-likeness (QED) is 0.393. The van der Waals surface area contributed by atoms with Gasteiger partial charge >= 0.3 is 0 Å². The number of rotatable bonds is 5. The van der Waals surface area contributed by atoms with E-state index in [9.17, 15) is 26.0 Å². The number of fused-ring (bicyclic) bond motifs is 1. The molecule has 1 aromatic heterocycles. The van der Waals surface area contributed by atoms with E-state index >= 15 is 0 Å². The molecule has 1 aliphatic carbocycles. The lowest BCUT2D eigenvalue weighted by atomic mass is 9.96. The Morgan fingerprint density at radius 3 is 2.53 bits per heavy atom. The van der Waals surface area contributed by atoms with Crippen LogP contribution in [0.3, 0.4) is 0 Å². The molecular formula is C24H16F4N2O3S. The maximum atomic E-state index is 14.9. The molecule has 1 heterocycles. The van der Waals surface area contributed by atoms with Gasteiger partial charge in [-0.1, -0.05) is 6.08 Å². The molecule has 2 aromatic carbocycles. The normalized spacial score (nSPS) is 18.1. The summed E-state index contributed by atoms with van der Waals surface area (Å²) in [6.45, 7) is 1.20. The Morgan fingerprint density at radius 1 is 1.15 bits per heavy atom. The molecule has 10 heteroatoms. The number of nitriles is 1. The Kier molecular flexibility index (Phi) is 5.83. The van der Waals surface area contributed by atoms with Crippen molar-refractivity contribution in [3.8, 4) is 17.6 Å². The molecule has 0 aliphatic heterocycles. The lowest BCUT2D eigenvalue weighted by Crippen LogP contribution is -2.40. The minimum Gasteiger partial charge on any atom is -0.457 e. The SMILES string of the molecule is CC1(S(=O)(=O)n2ccc3cc(Oc4ccc(F)c(C#N)c4)ccc32)CC=C(C=C(F)F)C=C1F. The van der Waals surface area contributed by atoms with E-state index in [0.29, 0.717) is 17.2 Å². The molecule has 34 heavy (non-hydrogen) atoms. The zero-order chi connectivity index (χ0) is 24.7. The van der Waals surface area contributed by atoms with Gasteiger partial charge in [-0.05, 0) is 61.4 Å². The number of allylic oxidation sites excluding steroid dienone is 4. The largest absolute Gasteiger partial charge is 0.457 e. The van der Waals surface area contributed by atoms with Crippen LogP contribution in [0.4, 0.5) is 17.6 Å². The standard InChI is InChI=1S/C24H16F4N2O3S/c1-24(8-6-15(10-22(24)26)11-23(27)28)34(31,32)30-9-7-16-12-19(3-5-21(16)30)33-18-2-4-20(25)17(13-18)14-29/h2-7,9-13H,8H2,1H3. The number of aromatic nitrogens is 1. The molecule has 0 saturated heterocycles. The van der Waals surface area contributed by atoms with Crippen LogP contribution in [0.5, 0.6) is 11.5 Å². The van der Waals surface area contributed by atoms with Crippen molar-refractivity contribution in [2.45, 2.75) is 18.1 Å².